The van der Waals surface area contributed by atoms with Crippen molar-refractivity contribution < 1.29 is 29.3 Å². The Morgan fingerprint density at radius 1 is 1.20 bits per heavy atom. The molecule has 1 aliphatic rings. The number of ether oxygens (including phenoxy) is 2. The number of aliphatic carboxylic acids is 2. The first-order valence-corrected chi connectivity index (χ1v) is 7.79. The highest BCUT2D eigenvalue weighted by molar-refractivity contribution is 5.89. The van der Waals surface area contributed by atoms with E-state index in [0.717, 1.165) is 32.1 Å². The summed E-state index contributed by atoms with van der Waals surface area (Å²) in [5.74, 6) is -1.53. The Morgan fingerprint density at radius 2 is 1.76 bits per heavy atom. The number of hydrogen-bond acceptors (Lipinski definition) is 5. The zero-order valence-electron chi connectivity index (χ0n) is 14.8. The summed E-state index contributed by atoms with van der Waals surface area (Å²) in [5, 5.41) is 15.6. The highest BCUT2D eigenvalue weighted by Crippen LogP contribution is 2.30. The number of carboxylic acid groups (broad SMARTS) is 2. The predicted molar refractivity (Wildman–Crippen MR) is 92.9 cm³/mol. The third kappa shape index (κ3) is 7.82. The number of rotatable bonds is 7. The van der Waals surface area contributed by atoms with Gasteiger partial charge < -0.3 is 24.6 Å². The number of carboxylic acids is 2. The predicted octanol–water partition coefficient (Wildman–Crippen LogP) is 1.66. The van der Waals surface area contributed by atoms with E-state index in [1.165, 1.54) is 5.56 Å². The van der Waals surface area contributed by atoms with E-state index in [1.54, 1.807) is 0 Å². The third-order valence-electron chi connectivity index (χ3n) is 3.46. The summed E-state index contributed by atoms with van der Waals surface area (Å²) >= 11 is 0. The summed E-state index contributed by atoms with van der Waals surface area (Å²) in [5.41, 5.74) is 1.36. The molecule has 1 fully saturated rings. The van der Waals surface area contributed by atoms with Gasteiger partial charge in [0, 0.05) is 18.7 Å². The van der Waals surface area contributed by atoms with Crippen LogP contribution in [0.5, 0.6) is 5.75 Å². The van der Waals surface area contributed by atoms with Crippen LogP contribution in [0.25, 0.3) is 0 Å². The standard InChI is InChI=1S/C14H21NO2.C4H4O4/c1-12-6-4-5-7-13(12)17-11-14(8-15(2)3)9-16-10-14;5-3(6)1-2-4(7)8/h4-7H,8-11H2,1-3H3;1-2H,(H,5,6)(H,7,8)/b;2-1-. The Bertz CT molecular complexity index is 591. The van der Waals surface area contributed by atoms with Crippen LogP contribution in [-0.4, -0.2) is 67.5 Å². The average Bonchev–Trinajstić information content (AvgIpc) is 2.49. The van der Waals surface area contributed by atoms with Crippen molar-refractivity contribution in [3.63, 3.8) is 0 Å². The Labute approximate surface area is 147 Å². The lowest BCUT2D eigenvalue weighted by atomic mass is 9.86. The van der Waals surface area contributed by atoms with Crippen LogP contribution in [0.3, 0.4) is 0 Å². The summed E-state index contributed by atoms with van der Waals surface area (Å²) in [7, 11) is 4.18. The van der Waals surface area contributed by atoms with E-state index in [1.807, 2.05) is 18.2 Å². The summed E-state index contributed by atoms with van der Waals surface area (Å²) < 4.78 is 11.3. The summed E-state index contributed by atoms with van der Waals surface area (Å²) in [4.78, 5) is 21.3. The number of para-hydroxylation sites is 1. The molecule has 2 N–H and O–H groups in total. The number of carbonyl (C=O) groups is 2. The largest absolute Gasteiger partial charge is 0.493 e. The van der Waals surface area contributed by atoms with Gasteiger partial charge in [0.2, 0.25) is 0 Å². The van der Waals surface area contributed by atoms with Crippen LogP contribution in [0, 0.1) is 12.3 Å². The molecule has 1 aromatic carbocycles. The first-order valence-electron chi connectivity index (χ1n) is 7.79. The lowest BCUT2D eigenvalue weighted by Crippen LogP contribution is -2.53. The van der Waals surface area contributed by atoms with Crippen molar-refractivity contribution in [2.75, 3.05) is 40.5 Å². The van der Waals surface area contributed by atoms with E-state index >= 15 is 0 Å². The van der Waals surface area contributed by atoms with Gasteiger partial charge in [-0.3, -0.25) is 0 Å². The normalized spacial score (nSPS) is 15.2. The second-order valence-electron chi connectivity index (χ2n) is 6.29. The van der Waals surface area contributed by atoms with Crippen LogP contribution in [-0.2, 0) is 14.3 Å². The average molecular weight is 351 g/mol. The Hall–Kier alpha value is -2.38. The van der Waals surface area contributed by atoms with Crippen LogP contribution in [0.15, 0.2) is 36.4 Å². The van der Waals surface area contributed by atoms with Crippen molar-refractivity contribution in [3.8, 4) is 5.75 Å². The first-order chi connectivity index (χ1) is 11.7. The maximum Gasteiger partial charge on any atom is 0.328 e. The number of benzene rings is 1. The first kappa shape index (κ1) is 20.7. The minimum Gasteiger partial charge on any atom is -0.493 e. The fourth-order valence-electron chi connectivity index (χ4n) is 2.37. The van der Waals surface area contributed by atoms with Crippen LogP contribution in [0.4, 0.5) is 0 Å². The molecule has 0 radical (unpaired) electrons. The molecule has 1 saturated heterocycles. The van der Waals surface area contributed by atoms with Crippen LogP contribution in [0.2, 0.25) is 0 Å². The third-order valence-corrected chi connectivity index (χ3v) is 3.46. The Kier molecular flexibility index (Phi) is 8.10. The van der Waals surface area contributed by atoms with Gasteiger partial charge in [0.05, 0.1) is 25.2 Å². The molecular formula is C18H25NO6. The number of aryl methyl sites for hydroxylation is 1. The lowest BCUT2D eigenvalue weighted by Gasteiger charge is -2.42. The maximum atomic E-state index is 9.55. The lowest BCUT2D eigenvalue weighted by molar-refractivity contribution is -0.140. The monoisotopic (exact) mass is 351 g/mol. The van der Waals surface area contributed by atoms with Gasteiger partial charge in [-0.1, -0.05) is 18.2 Å². The van der Waals surface area contributed by atoms with Gasteiger partial charge in [-0.05, 0) is 32.6 Å². The van der Waals surface area contributed by atoms with Crippen LogP contribution >= 0.6 is 0 Å². The zero-order chi connectivity index (χ0) is 18.9. The van der Waals surface area contributed by atoms with E-state index in [4.69, 9.17) is 19.7 Å². The molecular weight excluding hydrogens is 326 g/mol. The highest BCUT2D eigenvalue weighted by atomic mass is 16.5. The van der Waals surface area contributed by atoms with Crippen LogP contribution in [0.1, 0.15) is 5.56 Å². The molecule has 0 atom stereocenters. The van der Waals surface area contributed by atoms with E-state index in [2.05, 4.69) is 32.0 Å². The maximum absolute atomic E-state index is 9.55. The molecule has 1 aromatic rings. The van der Waals surface area contributed by atoms with Gasteiger partial charge in [-0.25, -0.2) is 9.59 Å². The summed E-state index contributed by atoms with van der Waals surface area (Å²) in [6.45, 7) is 5.42. The summed E-state index contributed by atoms with van der Waals surface area (Å²) in [6, 6.07) is 8.14. The second kappa shape index (κ2) is 9.80. The molecule has 0 bridgehead atoms. The van der Waals surface area contributed by atoms with Gasteiger partial charge >= 0.3 is 11.9 Å². The minimum atomic E-state index is -1.26. The van der Waals surface area contributed by atoms with Crippen molar-refractivity contribution in [2.45, 2.75) is 6.92 Å². The number of hydrogen-bond donors (Lipinski definition) is 2. The molecule has 2 rings (SSSR count). The SMILES string of the molecule is Cc1ccccc1OCC1(CN(C)C)COC1.O=C(O)/C=C\C(=O)O. The topological polar surface area (TPSA) is 96.3 Å². The van der Waals surface area contributed by atoms with Gasteiger partial charge in [0.15, 0.2) is 0 Å². The Balaban J connectivity index is 0.000000333. The quantitative estimate of drug-likeness (QED) is 0.721. The molecule has 0 amide bonds. The van der Waals surface area contributed by atoms with Crippen molar-refractivity contribution in [2.24, 2.45) is 5.41 Å². The molecule has 0 aliphatic carbocycles. The van der Waals surface area contributed by atoms with E-state index in [0.29, 0.717) is 12.2 Å². The molecule has 7 heteroatoms. The van der Waals surface area contributed by atoms with Crippen molar-refractivity contribution in [3.05, 3.63) is 42.0 Å². The van der Waals surface area contributed by atoms with E-state index in [-0.39, 0.29) is 5.41 Å². The Morgan fingerprint density at radius 3 is 2.16 bits per heavy atom. The molecule has 1 heterocycles. The molecule has 25 heavy (non-hydrogen) atoms. The van der Waals surface area contributed by atoms with Crippen molar-refractivity contribution >= 4 is 11.9 Å². The summed E-state index contributed by atoms with van der Waals surface area (Å²) in [6.07, 6.45) is 1.12. The molecule has 0 aromatic heterocycles. The molecule has 0 saturated carbocycles. The molecule has 7 nitrogen and oxygen atoms in total. The molecule has 138 valence electrons. The van der Waals surface area contributed by atoms with E-state index < -0.39 is 11.9 Å². The molecule has 0 unspecified atom stereocenters. The molecule has 1 aliphatic heterocycles. The fraction of sp³-hybridized carbons (Fsp3) is 0.444. The van der Waals surface area contributed by atoms with Crippen molar-refractivity contribution in [1.82, 2.24) is 4.90 Å². The van der Waals surface area contributed by atoms with Gasteiger partial charge in [0.25, 0.3) is 0 Å². The smallest absolute Gasteiger partial charge is 0.328 e. The highest BCUT2D eigenvalue weighted by Gasteiger charge is 2.40. The second-order valence-corrected chi connectivity index (χ2v) is 6.29. The fourth-order valence-corrected chi connectivity index (χ4v) is 2.37. The van der Waals surface area contributed by atoms with Crippen molar-refractivity contribution in [1.29, 1.82) is 0 Å². The van der Waals surface area contributed by atoms with Gasteiger partial charge in [-0.15, -0.1) is 0 Å². The van der Waals surface area contributed by atoms with Crippen LogP contribution < -0.4 is 4.74 Å². The minimum absolute atomic E-state index is 0.172. The zero-order valence-corrected chi connectivity index (χ0v) is 14.8. The molecule has 0 spiro atoms. The van der Waals surface area contributed by atoms with Gasteiger partial charge in [0.1, 0.15) is 5.75 Å². The van der Waals surface area contributed by atoms with Gasteiger partial charge in [-0.2, -0.15) is 0 Å². The van der Waals surface area contributed by atoms with E-state index in [9.17, 15) is 9.59 Å². The number of nitrogens with zero attached hydrogens (tertiary/aromatic N) is 1.